The van der Waals surface area contributed by atoms with E-state index in [1.165, 1.54) is 15.6 Å². The molecule has 0 aromatic carbocycles. The molecule has 0 spiro atoms. The molecule has 1 aromatic heterocycles. The lowest BCUT2D eigenvalue weighted by atomic mass is 10.3. The second-order valence-corrected chi connectivity index (χ2v) is 7.33. The van der Waals surface area contributed by atoms with Crippen LogP contribution in [0, 0.1) is 0 Å². The first-order valence-electron chi connectivity index (χ1n) is 4.75. The Bertz CT molecular complexity index is 509. The van der Waals surface area contributed by atoms with E-state index in [0.717, 1.165) is 0 Å². The van der Waals surface area contributed by atoms with E-state index in [-0.39, 0.29) is 18.1 Å². The molecule has 0 unspecified atom stereocenters. The first-order valence-corrected chi connectivity index (χ1v) is 7.56. The summed E-state index contributed by atoms with van der Waals surface area (Å²) in [6.45, 7) is 0.367. The standard InChI is InChI=1S/C9H10ClNO3S2/c10-9-3-2-8(15-9)7(12)6-11-4-1-5-16(11,13)14/h2-3H,1,4-6H2. The van der Waals surface area contributed by atoms with E-state index < -0.39 is 10.0 Å². The summed E-state index contributed by atoms with van der Waals surface area (Å²) >= 11 is 6.89. The molecule has 0 saturated carbocycles. The fourth-order valence-electron chi connectivity index (χ4n) is 1.57. The smallest absolute Gasteiger partial charge is 0.214 e. The molecular formula is C9H10ClNO3S2. The van der Waals surface area contributed by atoms with E-state index in [2.05, 4.69) is 0 Å². The van der Waals surface area contributed by atoms with Crippen LogP contribution in [0.3, 0.4) is 0 Å². The Hall–Kier alpha value is -0.430. The zero-order valence-electron chi connectivity index (χ0n) is 8.35. The molecule has 0 aliphatic carbocycles. The SMILES string of the molecule is O=C(CN1CCCS1(=O)=O)c1ccc(Cl)s1. The minimum absolute atomic E-state index is 0.0703. The van der Waals surface area contributed by atoms with E-state index in [4.69, 9.17) is 11.6 Å². The van der Waals surface area contributed by atoms with Gasteiger partial charge in [-0.25, -0.2) is 8.42 Å². The van der Waals surface area contributed by atoms with Crippen LogP contribution in [0.25, 0.3) is 0 Å². The van der Waals surface area contributed by atoms with Crippen LogP contribution in [0.2, 0.25) is 4.34 Å². The second-order valence-electron chi connectivity index (χ2n) is 3.53. The number of hydrogen-bond donors (Lipinski definition) is 0. The van der Waals surface area contributed by atoms with Gasteiger partial charge in [-0.05, 0) is 18.6 Å². The monoisotopic (exact) mass is 279 g/mol. The molecule has 2 heterocycles. The number of carbonyl (C=O) groups excluding carboxylic acids is 1. The lowest BCUT2D eigenvalue weighted by Gasteiger charge is -2.11. The van der Waals surface area contributed by atoms with Crippen LogP contribution in [-0.2, 0) is 10.0 Å². The average molecular weight is 280 g/mol. The highest BCUT2D eigenvalue weighted by molar-refractivity contribution is 7.89. The summed E-state index contributed by atoms with van der Waals surface area (Å²) in [5.41, 5.74) is 0. The van der Waals surface area contributed by atoms with Crippen LogP contribution in [0.4, 0.5) is 0 Å². The van der Waals surface area contributed by atoms with Gasteiger partial charge in [0.2, 0.25) is 10.0 Å². The van der Waals surface area contributed by atoms with Gasteiger partial charge in [0.15, 0.2) is 5.78 Å². The average Bonchev–Trinajstić information content (AvgIpc) is 2.74. The minimum Gasteiger partial charge on any atom is -0.292 e. The number of thiophene rings is 1. The van der Waals surface area contributed by atoms with Crippen molar-refractivity contribution < 1.29 is 13.2 Å². The van der Waals surface area contributed by atoms with E-state index in [9.17, 15) is 13.2 Å². The molecule has 1 aromatic rings. The van der Waals surface area contributed by atoms with Gasteiger partial charge in [0.25, 0.3) is 0 Å². The Labute approximate surface area is 103 Å². The highest BCUT2D eigenvalue weighted by Gasteiger charge is 2.30. The second kappa shape index (κ2) is 4.44. The van der Waals surface area contributed by atoms with Crippen molar-refractivity contribution in [2.45, 2.75) is 6.42 Å². The number of hydrogen-bond acceptors (Lipinski definition) is 4. The van der Waals surface area contributed by atoms with Gasteiger partial charge in [-0.1, -0.05) is 11.6 Å². The lowest BCUT2D eigenvalue weighted by molar-refractivity contribution is 0.0973. The summed E-state index contributed by atoms with van der Waals surface area (Å²) in [5, 5.41) is 0. The van der Waals surface area contributed by atoms with E-state index in [1.807, 2.05) is 0 Å². The summed E-state index contributed by atoms with van der Waals surface area (Å²) in [7, 11) is -3.20. The molecule has 0 N–H and O–H groups in total. The Kier molecular flexibility index (Phi) is 3.34. The molecular weight excluding hydrogens is 270 g/mol. The number of Topliss-reactive ketones (excluding diaryl/α,β-unsaturated/α-hetero) is 1. The summed E-state index contributed by atoms with van der Waals surface area (Å²) in [5.74, 6) is -0.0479. The fourth-order valence-corrected chi connectivity index (χ4v) is 4.02. The first-order chi connectivity index (χ1) is 7.49. The third-order valence-electron chi connectivity index (χ3n) is 2.37. The molecule has 0 radical (unpaired) electrons. The maximum atomic E-state index is 11.7. The third kappa shape index (κ3) is 2.45. The van der Waals surface area contributed by atoms with Gasteiger partial charge < -0.3 is 0 Å². The lowest BCUT2D eigenvalue weighted by Crippen LogP contribution is -2.31. The van der Waals surface area contributed by atoms with Crippen LogP contribution in [-0.4, -0.2) is 37.3 Å². The highest BCUT2D eigenvalue weighted by Crippen LogP contribution is 2.23. The van der Waals surface area contributed by atoms with Crippen LogP contribution >= 0.6 is 22.9 Å². The van der Waals surface area contributed by atoms with Gasteiger partial charge in [0.05, 0.1) is 21.5 Å². The topological polar surface area (TPSA) is 54.5 Å². The van der Waals surface area contributed by atoms with Crippen LogP contribution in [0.1, 0.15) is 16.1 Å². The Morgan fingerprint density at radius 1 is 1.50 bits per heavy atom. The van der Waals surface area contributed by atoms with Gasteiger partial charge in [-0.15, -0.1) is 11.3 Å². The number of sulfonamides is 1. The molecule has 0 amide bonds. The van der Waals surface area contributed by atoms with Gasteiger partial charge in [0.1, 0.15) is 0 Å². The van der Waals surface area contributed by atoms with Crippen molar-refractivity contribution in [3.05, 3.63) is 21.3 Å². The molecule has 0 atom stereocenters. The number of rotatable bonds is 3. The number of nitrogens with zero attached hydrogens (tertiary/aromatic N) is 1. The van der Waals surface area contributed by atoms with Crippen molar-refractivity contribution >= 4 is 38.7 Å². The summed E-state index contributed by atoms with van der Waals surface area (Å²) in [6.07, 6.45) is 0.598. The van der Waals surface area contributed by atoms with Crippen molar-refractivity contribution in [1.29, 1.82) is 0 Å². The summed E-state index contributed by atoms with van der Waals surface area (Å²) < 4.78 is 24.7. The van der Waals surface area contributed by atoms with Crippen LogP contribution in [0.5, 0.6) is 0 Å². The summed E-state index contributed by atoms with van der Waals surface area (Å²) in [4.78, 5) is 12.3. The van der Waals surface area contributed by atoms with Crippen molar-refractivity contribution in [1.82, 2.24) is 4.31 Å². The maximum Gasteiger partial charge on any atom is 0.214 e. The molecule has 7 heteroatoms. The molecule has 1 aliphatic heterocycles. The minimum atomic E-state index is -3.20. The molecule has 0 bridgehead atoms. The first kappa shape index (κ1) is 12.0. The van der Waals surface area contributed by atoms with Gasteiger partial charge in [-0.2, -0.15) is 4.31 Å². The number of ketones is 1. The highest BCUT2D eigenvalue weighted by atomic mass is 35.5. The van der Waals surface area contributed by atoms with Gasteiger partial charge in [0, 0.05) is 6.54 Å². The molecule has 1 aliphatic rings. The normalized spacial score (nSPS) is 20.1. The zero-order valence-corrected chi connectivity index (χ0v) is 10.7. The molecule has 88 valence electrons. The van der Waals surface area contributed by atoms with E-state index in [0.29, 0.717) is 22.2 Å². The fraction of sp³-hybridized carbons (Fsp3) is 0.444. The predicted molar refractivity (Wildman–Crippen MR) is 63.6 cm³/mol. The van der Waals surface area contributed by atoms with Crippen molar-refractivity contribution in [2.24, 2.45) is 0 Å². The third-order valence-corrected chi connectivity index (χ3v) is 5.55. The van der Waals surface area contributed by atoms with Gasteiger partial charge in [-0.3, -0.25) is 4.79 Å². The van der Waals surface area contributed by atoms with Crippen LogP contribution < -0.4 is 0 Å². The zero-order chi connectivity index (χ0) is 11.8. The molecule has 2 rings (SSSR count). The van der Waals surface area contributed by atoms with Crippen molar-refractivity contribution in [2.75, 3.05) is 18.8 Å². The largest absolute Gasteiger partial charge is 0.292 e. The quantitative estimate of drug-likeness (QED) is 0.790. The maximum absolute atomic E-state index is 11.7. The number of carbonyl (C=O) groups is 1. The van der Waals surface area contributed by atoms with Crippen molar-refractivity contribution in [3.63, 3.8) is 0 Å². The van der Waals surface area contributed by atoms with Crippen molar-refractivity contribution in [3.8, 4) is 0 Å². The molecule has 1 fully saturated rings. The van der Waals surface area contributed by atoms with E-state index >= 15 is 0 Å². The van der Waals surface area contributed by atoms with Gasteiger partial charge >= 0.3 is 0 Å². The Morgan fingerprint density at radius 3 is 2.75 bits per heavy atom. The Morgan fingerprint density at radius 2 is 2.25 bits per heavy atom. The van der Waals surface area contributed by atoms with E-state index in [1.54, 1.807) is 12.1 Å². The molecule has 16 heavy (non-hydrogen) atoms. The molecule has 1 saturated heterocycles. The Balaban J connectivity index is 2.08. The van der Waals surface area contributed by atoms with Crippen LogP contribution in [0.15, 0.2) is 12.1 Å². The number of halogens is 1. The molecule has 4 nitrogen and oxygen atoms in total. The predicted octanol–water partition coefficient (Wildman–Crippen LogP) is 1.62. The summed E-state index contributed by atoms with van der Waals surface area (Å²) in [6, 6.07) is 3.26.